The molecule has 1 heterocycles. The highest BCUT2D eigenvalue weighted by Gasteiger charge is 2.35. The van der Waals surface area contributed by atoms with E-state index in [0.717, 1.165) is 23.2 Å². The second-order valence-corrected chi connectivity index (χ2v) is 9.83. The van der Waals surface area contributed by atoms with Gasteiger partial charge in [0.1, 0.15) is 6.07 Å². The summed E-state index contributed by atoms with van der Waals surface area (Å²) in [7, 11) is 1.58. The third-order valence-electron chi connectivity index (χ3n) is 6.30. The van der Waals surface area contributed by atoms with Crippen molar-refractivity contribution in [3.63, 3.8) is 0 Å². The van der Waals surface area contributed by atoms with Crippen molar-refractivity contribution in [1.29, 1.82) is 5.26 Å². The quantitative estimate of drug-likeness (QED) is 0.350. The topological polar surface area (TPSA) is 120 Å². The Balaban J connectivity index is 1.69. The Morgan fingerprint density at radius 2 is 1.84 bits per heavy atom. The van der Waals surface area contributed by atoms with Gasteiger partial charge >= 0.3 is 7.48 Å². The highest BCUT2D eigenvalue weighted by molar-refractivity contribution is 6.47. The molecule has 0 spiro atoms. The van der Waals surface area contributed by atoms with Crippen LogP contribution in [0.4, 0.5) is 14.6 Å². The van der Waals surface area contributed by atoms with Crippen molar-refractivity contribution in [1.82, 2.24) is 15.3 Å². The number of hydrogen-bond donors (Lipinski definition) is 3. The first-order valence-electron chi connectivity index (χ1n) is 11.9. The van der Waals surface area contributed by atoms with Crippen LogP contribution in [0.15, 0.2) is 48.7 Å². The number of hydrogen-bond acceptors (Lipinski definition) is 7. The lowest BCUT2D eigenvalue weighted by molar-refractivity contribution is -0.0893. The molecule has 0 aliphatic rings. The normalized spacial score (nSPS) is 12.4. The van der Waals surface area contributed by atoms with E-state index in [-0.39, 0.29) is 17.2 Å². The summed E-state index contributed by atoms with van der Waals surface area (Å²) in [5, 5.41) is 25.2. The van der Waals surface area contributed by atoms with Crippen molar-refractivity contribution in [2.75, 3.05) is 5.32 Å². The average molecular weight is 520 g/mol. The van der Waals surface area contributed by atoms with Crippen molar-refractivity contribution in [3.05, 3.63) is 82.8 Å². The summed E-state index contributed by atoms with van der Waals surface area (Å²) in [6.45, 7) is 8.87. The van der Waals surface area contributed by atoms with Crippen molar-refractivity contribution in [2.45, 2.75) is 58.4 Å². The van der Waals surface area contributed by atoms with Gasteiger partial charge in [0.2, 0.25) is 0 Å². The van der Waals surface area contributed by atoms with Crippen molar-refractivity contribution in [3.8, 4) is 6.07 Å². The second-order valence-electron chi connectivity index (χ2n) is 9.83. The van der Waals surface area contributed by atoms with Gasteiger partial charge in [0, 0.05) is 6.54 Å². The number of nitrogens with one attached hydrogen (secondary N) is 2. The Morgan fingerprint density at radius 3 is 2.45 bits per heavy atom. The molecule has 3 rings (SSSR count). The van der Waals surface area contributed by atoms with E-state index < -0.39 is 34.8 Å². The molecule has 1 radical (unpaired) electrons. The lowest BCUT2D eigenvalue weighted by atomic mass is 9.82. The minimum absolute atomic E-state index is 0.0462. The maximum atomic E-state index is 13.6. The van der Waals surface area contributed by atoms with E-state index in [9.17, 15) is 23.9 Å². The van der Waals surface area contributed by atoms with Gasteiger partial charge in [0.15, 0.2) is 28.8 Å². The molecule has 3 N–H and O–H groups in total. The van der Waals surface area contributed by atoms with Gasteiger partial charge in [-0.05, 0) is 57.9 Å². The van der Waals surface area contributed by atoms with E-state index in [0.29, 0.717) is 12.1 Å². The van der Waals surface area contributed by atoms with Gasteiger partial charge in [0.25, 0.3) is 5.91 Å². The molecule has 0 unspecified atom stereocenters. The van der Waals surface area contributed by atoms with Gasteiger partial charge in [-0.2, -0.15) is 5.26 Å². The summed E-state index contributed by atoms with van der Waals surface area (Å²) in [6.07, 6.45) is 1.25. The molecule has 0 saturated carbocycles. The summed E-state index contributed by atoms with van der Waals surface area (Å²) in [5.41, 5.74) is 0.0589. The van der Waals surface area contributed by atoms with E-state index in [1.165, 1.54) is 12.3 Å². The van der Waals surface area contributed by atoms with Crippen molar-refractivity contribution < 1.29 is 23.3 Å². The fourth-order valence-electron chi connectivity index (χ4n) is 3.12. The summed E-state index contributed by atoms with van der Waals surface area (Å²) in [4.78, 5) is 21.2. The maximum Gasteiger partial charge on any atom is 0.330 e. The fraction of sp³-hybridized carbons (Fsp3) is 0.333. The average Bonchev–Trinajstić information content (AvgIpc) is 2.87. The Hall–Kier alpha value is -3.88. The molecule has 197 valence electrons. The van der Waals surface area contributed by atoms with Crippen LogP contribution in [-0.2, 0) is 11.2 Å². The highest BCUT2D eigenvalue weighted by Crippen LogP contribution is 2.24. The number of aromatic nitrogens is 2. The molecule has 0 aliphatic carbocycles. The van der Waals surface area contributed by atoms with E-state index in [1.807, 2.05) is 30.3 Å². The smallest absolute Gasteiger partial charge is 0.330 e. The molecule has 1 aromatic heterocycles. The van der Waals surface area contributed by atoms with Crippen LogP contribution < -0.4 is 16.1 Å². The van der Waals surface area contributed by atoms with Gasteiger partial charge in [-0.1, -0.05) is 35.8 Å². The summed E-state index contributed by atoms with van der Waals surface area (Å²) >= 11 is 0. The Kier molecular flexibility index (Phi) is 8.81. The monoisotopic (exact) mass is 520 g/mol. The molecular formula is C27H29BF2N5O3. The lowest BCUT2D eigenvalue weighted by Crippen LogP contribution is -2.49. The number of nitriles is 1. The third-order valence-corrected chi connectivity index (χ3v) is 6.30. The standard InChI is InChI=1S/C27H29BF2N5O3/c1-16(18-8-11-21(29)22(30)12-18)34-25(36)23-24(33-15-20(13-31)35-23)32-14-17-6-9-19(10-7-17)28-38-27(4,5)26(2,3)37/h6-12,15-16,37H,14H2,1-5H3,(H,32,33)(H,34,36)/t16-/m0/s1. The number of halogens is 2. The minimum atomic E-state index is -1.04. The van der Waals surface area contributed by atoms with Gasteiger partial charge in [0.05, 0.1) is 23.4 Å². The zero-order valence-corrected chi connectivity index (χ0v) is 21.8. The first-order chi connectivity index (χ1) is 17.8. The molecule has 2 aromatic carbocycles. The van der Waals surface area contributed by atoms with Crippen molar-refractivity contribution in [2.24, 2.45) is 0 Å². The first kappa shape index (κ1) is 28.7. The number of anilines is 1. The van der Waals surface area contributed by atoms with E-state index in [1.54, 1.807) is 42.1 Å². The number of nitrogens with zero attached hydrogens (tertiary/aromatic N) is 3. The lowest BCUT2D eigenvalue weighted by Gasteiger charge is -2.37. The number of aliphatic hydroxyl groups is 1. The molecule has 1 atom stereocenters. The van der Waals surface area contributed by atoms with Crippen molar-refractivity contribution >= 4 is 24.7 Å². The van der Waals surface area contributed by atoms with Crippen LogP contribution in [0.3, 0.4) is 0 Å². The molecule has 0 aliphatic heterocycles. The summed E-state index contributed by atoms with van der Waals surface area (Å²) in [6, 6.07) is 12.0. The minimum Gasteiger partial charge on any atom is -0.427 e. The van der Waals surface area contributed by atoms with Gasteiger partial charge in [-0.15, -0.1) is 0 Å². The Bertz CT molecular complexity index is 1340. The maximum absolute atomic E-state index is 13.6. The predicted octanol–water partition coefficient (Wildman–Crippen LogP) is 3.54. The predicted molar refractivity (Wildman–Crippen MR) is 140 cm³/mol. The molecule has 3 aromatic rings. The molecule has 11 heteroatoms. The number of carbonyl (C=O) groups excluding carboxylic acids is 1. The van der Waals surface area contributed by atoms with Crippen LogP contribution in [0.1, 0.15) is 68.0 Å². The van der Waals surface area contributed by atoms with Crippen LogP contribution in [0.25, 0.3) is 0 Å². The summed E-state index contributed by atoms with van der Waals surface area (Å²) < 4.78 is 32.7. The van der Waals surface area contributed by atoms with E-state index >= 15 is 0 Å². The molecule has 1 amide bonds. The number of carbonyl (C=O) groups is 1. The number of rotatable bonds is 10. The highest BCUT2D eigenvalue weighted by atomic mass is 19.2. The second kappa shape index (κ2) is 11.7. The zero-order valence-electron chi connectivity index (χ0n) is 21.8. The van der Waals surface area contributed by atoms with Crippen LogP contribution >= 0.6 is 0 Å². The van der Waals surface area contributed by atoms with Crippen LogP contribution in [0.5, 0.6) is 0 Å². The number of benzene rings is 2. The largest absolute Gasteiger partial charge is 0.427 e. The summed E-state index contributed by atoms with van der Waals surface area (Å²) in [5.74, 6) is -2.48. The van der Waals surface area contributed by atoms with Gasteiger partial charge in [-0.25, -0.2) is 18.7 Å². The van der Waals surface area contributed by atoms with E-state index in [2.05, 4.69) is 20.6 Å². The van der Waals surface area contributed by atoms with Gasteiger partial charge in [-0.3, -0.25) is 4.79 Å². The molecule has 8 nitrogen and oxygen atoms in total. The molecule has 0 bridgehead atoms. The Morgan fingerprint density at radius 1 is 1.16 bits per heavy atom. The van der Waals surface area contributed by atoms with Crippen LogP contribution in [0, 0.1) is 23.0 Å². The SMILES string of the molecule is C[C@H](NC(=O)c1nc(C#N)cnc1NCc1ccc([B]OC(C)(C)C(C)(C)O)cc1)c1ccc(F)c(F)c1. The Labute approximate surface area is 221 Å². The molecule has 0 fully saturated rings. The molecule has 0 saturated heterocycles. The fourth-order valence-corrected chi connectivity index (χ4v) is 3.12. The zero-order chi connectivity index (χ0) is 28.1. The van der Waals surface area contributed by atoms with E-state index in [4.69, 9.17) is 4.65 Å². The van der Waals surface area contributed by atoms with Gasteiger partial charge < -0.3 is 20.4 Å². The first-order valence-corrected chi connectivity index (χ1v) is 11.9. The van der Waals surface area contributed by atoms with Crippen LogP contribution in [-0.4, -0.2) is 39.7 Å². The van der Waals surface area contributed by atoms with Crippen LogP contribution in [0.2, 0.25) is 0 Å². The third kappa shape index (κ3) is 7.12. The molecule has 38 heavy (non-hydrogen) atoms. The number of amides is 1. The molecular weight excluding hydrogens is 491 g/mol.